The summed E-state index contributed by atoms with van der Waals surface area (Å²) in [5.41, 5.74) is 1.96. The number of methoxy groups -OCH3 is 1. The molecular formula is C20H22N4O3S. The van der Waals surface area contributed by atoms with Crippen molar-refractivity contribution in [1.82, 2.24) is 20.1 Å². The number of carbonyl (C=O) groups is 1. The van der Waals surface area contributed by atoms with Gasteiger partial charge in [-0.15, -0.1) is 0 Å². The molecule has 146 valence electrons. The first-order valence-electron chi connectivity index (χ1n) is 8.82. The van der Waals surface area contributed by atoms with Crippen molar-refractivity contribution in [3.63, 3.8) is 0 Å². The van der Waals surface area contributed by atoms with Crippen LogP contribution in [-0.4, -0.2) is 40.9 Å². The Morgan fingerprint density at radius 1 is 1.21 bits per heavy atom. The first-order chi connectivity index (χ1) is 13.6. The number of H-pyrrole nitrogens is 1. The zero-order valence-electron chi connectivity index (χ0n) is 15.8. The monoisotopic (exact) mass is 398 g/mol. The van der Waals surface area contributed by atoms with Gasteiger partial charge in [-0.3, -0.25) is 14.5 Å². The van der Waals surface area contributed by atoms with Crippen molar-refractivity contribution in [2.24, 2.45) is 0 Å². The number of aromatic amines is 1. The Hall–Kier alpha value is -3.13. The van der Waals surface area contributed by atoms with Gasteiger partial charge >= 0.3 is 0 Å². The summed E-state index contributed by atoms with van der Waals surface area (Å²) in [6.07, 6.45) is 0. The van der Waals surface area contributed by atoms with E-state index in [0.717, 1.165) is 22.6 Å². The fourth-order valence-corrected chi connectivity index (χ4v) is 2.89. The molecule has 1 heterocycles. The van der Waals surface area contributed by atoms with Gasteiger partial charge in [0.2, 0.25) is 5.91 Å². The largest absolute Gasteiger partial charge is 0.497 e. The van der Waals surface area contributed by atoms with Crippen LogP contribution in [0.4, 0.5) is 0 Å². The second-order valence-electron chi connectivity index (χ2n) is 6.18. The molecule has 3 rings (SSSR count). The van der Waals surface area contributed by atoms with Crippen LogP contribution >= 0.6 is 12.2 Å². The second-order valence-corrected chi connectivity index (χ2v) is 6.57. The lowest BCUT2D eigenvalue weighted by atomic mass is 10.2. The number of aromatic nitrogens is 3. The Labute approximate surface area is 168 Å². The van der Waals surface area contributed by atoms with E-state index in [0.29, 0.717) is 23.7 Å². The summed E-state index contributed by atoms with van der Waals surface area (Å²) in [4.78, 5) is 12.3. The van der Waals surface area contributed by atoms with E-state index in [1.807, 2.05) is 55.5 Å². The Kier molecular flexibility index (Phi) is 6.44. The van der Waals surface area contributed by atoms with E-state index in [1.54, 1.807) is 11.7 Å². The minimum atomic E-state index is -0.167. The normalized spacial score (nSPS) is 10.5. The van der Waals surface area contributed by atoms with Gasteiger partial charge in [0.15, 0.2) is 10.6 Å². The molecule has 8 heteroatoms. The molecule has 0 bridgehead atoms. The number of ether oxygens (including phenoxy) is 2. The quantitative estimate of drug-likeness (QED) is 0.450. The van der Waals surface area contributed by atoms with Crippen molar-refractivity contribution in [1.29, 1.82) is 0 Å². The molecule has 2 aromatic carbocycles. The van der Waals surface area contributed by atoms with E-state index in [9.17, 15) is 4.79 Å². The second kappa shape index (κ2) is 9.18. The van der Waals surface area contributed by atoms with Crippen molar-refractivity contribution < 1.29 is 14.3 Å². The molecule has 1 amide bonds. The Bertz CT molecular complexity index is 995. The maximum Gasteiger partial charge on any atom is 0.240 e. The van der Waals surface area contributed by atoms with E-state index in [1.165, 1.54) is 0 Å². The first kappa shape index (κ1) is 19.6. The minimum Gasteiger partial charge on any atom is -0.497 e. The SMILES string of the molecule is COc1ccc(-c2n[nH]c(=S)n2CC(=O)NCCOc2cccc(C)c2)cc1. The van der Waals surface area contributed by atoms with Gasteiger partial charge in [-0.05, 0) is 61.1 Å². The van der Waals surface area contributed by atoms with Gasteiger partial charge in [0.05, 0.1) is 13.7 Å². The van der Waals surface area contributed by atoms with Gasteiger partial charge in [-0.1, -0.05) is 12.1 Å². The molecule has 0 aliphatic heterocycles. The van der Waals surface area contributed by atoms with Crippen molar-refractivity contribution in [3.8, 4) is 22.9 Å². The number of nitrogens with zero attached hydrogens (tertiary/aromatic N) is 2. The minimum absolute atomic E-state index is 0.0706. The van der Waals surface area contributed by atoms with Gasteiger partial charge in [0.1, 0.15) is 24.7 Å². The van der Waals surface area contributed by atoms with Crippen LogP contribution in [0.5, 0.6) is 11.5 Å². The molecule has 0 aliphatic rings. The molecule has 1 aromatic heterocycles. The predicted octanol–water partition coefficient (Wildman–Crippen LogP) is 3.12. The molecule has 28 heavy (non-hydrogen) atoms. The highest BCUT2D eigenvalue weighted by Gasteiger charge is 2.12. The van der Waals surface area contributed by atoms with Crippen LogP contribution in [0.3, 0.4) is 0 Å². The summed E-state index contributed by atoms with van der Waals surface area (Å²) < 4.78 is 12.9. The molecule has 0 unspecified atom stereocenters. The molecule has 0 saturated heterocycles. The molecule has 0 radical (unpaired) electrons. The lowest BCUT2D eigenvalue weighted by Crippen LogP contribution is -2.31. The standard InChI is InChI=1S/C20H22N4O3S/c1-14-4-3-5-17(12-14)27-11-10-21-18(25)13-24-19(22-23-20(24)28)15-6-8-16(26-2)9-7-15/h3-9,12H,10-11,13H2,1-2H3,(H,21,25)(H,23,28). The number of rotatable bonds is 8. The summed E-state index contributed by atoms with van der Waals surface area (Å²) in [6, 6.07) is 15.2. The lowest BCUT2D eigenvalue weighted by molar-refractivity contribution is -0.121. The van der Waals surface area contributed by atoms with Crippen LogP contribution < -0.4 is 14.8 Å². The van der Waals surface area contributed by atoms with Gasteiger partial charge in [0, 0.05) is 5.56 Å². The van der Waals surface area contributed by atoms with E-state index < -0.39 is 0 Å². The molecule has 0 fully saturated rings. The average Bonchev–Trinajstić information content (AvgIpc) is 3.06. The van der Waals surface area contributed by atoms with Gasteiger partial charge in [-0.25, -0.2) is 0 Å². The third kappa shape index (κ3) is 4.98. The first-order valence-corrected chi connectivity index (χ1v) is 9.23. The number of hydrogen-bond donors (Lipinski definition) is 2. The molecule has 0 atom stereocenters. The Balaban J connectivity index is 1.56. The molecule has 3 aromatic rings. The van der Waals surface area contributed by atoms with Crippen LogP contribution in [0, 0.1) is 11.7 Å². The summed E-state index contributed by atoms with van der Waals surface area (Å²) in [5.74, 6) is 1.96. The highest BCUT2D eigenvalue weighted by Crippen LogP contribution is 2.20. The molecule has 0 saturated carbocycles. The Morgan fingerprint density at radius 3 is 2.71 bits per heavy atom. The average molecular weight is 398 g/mol. The summed E-state index contributed by atoms with van der Waals surface area (Å²) in [5, 5.41) is 9.82. The van der Waals surface area contributed by atoms with Crippen LogP contribution in [0.1, 0.15) is 5.56 Å². The fraction of sp³-hybridized carbons (Fsp3) is 0.250. The maximum atomic E-state index is 12.3. The van der Waals surface area contributed by atoms with E-state index >= 15 is 0 Å². The van der Waals surface area contributed by atoms with Crippen molar-refractivity contribution in [2.45, 2.75) is 13.5 Å². The summed E-state index contributed by atoms with van der Waals surface area (Å²) >= 11 is 5.27. The Morgan fingerprint density at radius 2 is 2.00 bits per heavy atom. The maximum absolute atomic E-state index is 12.3. The van der Waals surface area contributed by atoms with Crippen LogP contribution in [0.15, 0.2) is 48.5 Å². The number of hydrogen-bond acceptors (Lipinski definition) is 5. The molecule has 2 N–H and O–H groups in total. The molecule has 0 aliphatic carbocycles. The zero-order valence-corrected chi connectivity index (χ0v) is 16.6. The molecule has 7 nitrogen and oxygen atoms in total. The lowest BCUT2D eigenvalue weighted by Gasteiger charge is -2.10. The van der Waals surface area contributed by atoms with Crippen LogP contribution in [0.25, 0.3) is 11.4 Å². The van der Waals surface area contributed by atoms with Gasteiger partial charge in [0.25, 0.3) is 0 Å². The highest BCUT2D eigenvalue weighted by atomic mass is 32.1. The highest BCUT2D eigenvalue weighted by molar-refractivity contribution is 7.71. The van der Waals surface area contributed by atoms with Crippen molar-refractivity contribution in [2.75, 3.05) is 20.3 Å². The zero-order chi connectivity index (χ0) is 19.9. The number of nitrogens with one attached hydrogen (secondary N) is 2. The van der Waals surface area contributed by atoms with E-state index in [-0.39, 0.29) is 12.5 Å². The van der Waals surface area contributed by atoms with Crippen molar-refractivity contribution >= 4 is 18.1 Å². The molecule has 0 spiro atoms. The predicted molar refractivity (Wildman–Crippen MR) is 109 cm³/mol. The third-order valence-corrected chi connectivity index (χ3v) is 4.40. The van der Waals surface area contributed by atoms with Gasteiger partial charge in [-0.2, -0.15) is 5.10 Å². The van der Waals surface area contributed by atoms with E-state index in [4.69, 9.17) is 21.7 Å². The van der Waals surface area contributed by atoms with Crippen LogP contribution in [0.2, 0.25) is 0 Å². The number of amides is 1. The number of aryl methyl sites for hydroxylation is 1. The van der Waals surface area contributed by atoms with Crippen molar-refractivity contribution in [3.05, 3.63) is 58.9 Å². The van der Waals surface area contributed by atoms with Crippen LogP contribution in [-0.2, 0) is 11.3 Å². The summed E-state index contributed by atoms with van der Waals surface area (Å²) in [6.45, 7) is 2.86. The number of carbonyl (C=O) groups excluding carboxylic acids is 1. The fourth-order valence-electron chi connectivity index (χ4n) is 2.69. The summed E-state index contributed by atoms with van der Waals surface area (Å²) in [7, 11) is 1.61. The topological polar surface area (TPSA) is 81.2 Å². The third-order valence-electron chi connectivity index (χ3n) is 4.09. The molecular weight excluding hydrogens is 376 g/mol. The number of benzene rings is 2. The van der Waals surface area contributed by atoms with E-state index in [2.05, 4.69) is 15.5 Å². The smallest absolute Gasteiger partial charge is 0.240 e. The van der Waals surface area contributed by atoms with Gasteiger partial charge < -0.3 is 14.8 Å².